The van der Waals surface area contributed by atoms with Gasteiger partial charge < -0.3 is 5.32 Å². The number of benzene rings is 1. The molecule has 19 heavy (non-hydrogen) atoms. The Morgan fingerprint density at radius 1 is 1.26 bits per heavy atom. The second kappa shape index (κ2) is 5.85. The van der Waals surface area contributed by atoms with Crippen LogP contribution in [0.25, 0.3) is 0 Å². The lowest BCUT2D eigenvalue weighted by atomic mass is 10.1. The van der Waals surface area contributed by atoms with E-state index in [0.29, 0.717) is 10.6 Å². The molecule has 0 aliphatic carbocycles. The number of carbonyl (C=O) groups is 1. The molecular weight excluding hydrogens is 260 g/mol. The maximum Gasteiger partial charge on any atom is 0.253 e. The first-order chi connectivity index (χ1) is 9.08. The molecule has 1 atom stereocenters. The predicted octanol–water partition coefficient (Wildman–Crippen LogP) is 3.53. The second-order valence-electron chi connectivity index (χ2n) is 4.40. The number of halogens is 1. The van der Waals surface area contributed by atoms with Crippen LogP contribution in [0.2, 0.25) is 5.02 Å². The van der Waals surface area contributed by atoms with E-state index in [4.69, 9.17) is 11.6 Å². The summed E-state index contributed by atoms with van der Waals surface area (Å²) in [6.45, 7) is 3.79. The van der Waals surface area contributed by atoms with Crippen molar-refractivity contribution in [2.75, 3.05) is 0 Å². The van der Waals surface area contributed by atoms with E-state index in [1.807, 2.05) is 44.2 Å². The van der Waals surface area contributed by atoms with Crippen LogP contribution < -0.4 is 5.32 Å². The SMILES string of the molecule is Cc1ccc(C(=O)N[C@H](C)c2ccccc2Cl)cn1. The van der Waals surface area contributed by atoms with Gasteiger partial charge in [-0.05, 0) is 37.6 Å². The third-order valence-electron chi connectivity index (χ3n) is 2.89. The Balaban J connectivity index is 2.11. The van der Waals surface area contributed by atoms with Gasteiger partial charge in [-0.1, -0.05) is 29.8 Å². The van der Waals surface area contributed by atoms with E-state index in [1.54, 1.807) is 12.3 Å². The number of aryl methyl sites for hydroxylation is 1. The molecule has 98 valence electrons. The fourth-order valence-electron chi connectivity index (χ4n) is 1.79. The largest absolute Gasteiger partial charge is 0.345 e. The molecule has 0 unspecified atom stereocenters. The minimum absolute atomic E-state index is 0.150. The van der Waals surface area contributed by atoms with Gasteiger partial charge in [0.05, 0.1) is 11.6 Å². The first-order valence-electron chi connectivity index (χ1n) is 6.06. The summed E-state index contributed by atoms with van der Waals surface area (Å²) in [4.78, 5) is 16.2. The Bertz CT molecular complexity index is 581. The lowest BCUT2D eigenvalue weighted by Gasteiger charge is -2.15. The Morgan fingerprint density at radius 3 is 2.63 bits per heavy atom. The summed E-state index contributed by atoms with van der Waals surface area (Å²) in [6, 6.07) is 10.9. The van der Waals surface area contributed by atoms with Crippen LogP contribution in [0.15, 0.2) is 42.6 Å². The van der Waals surface area contributed by atoms with Crippen molar-refractivity contribution in [3.63, 3.8) is 0 Å². The summed E-state index contributed by atoms with van der Waals surface area (Å²) < 4.78 is 0. The lowest BCUT2D eigenvalue weighted by Crippen LogP contribution is -2.26. The Labute approximate surface area is 117 Å². The molecule has 3 nitrogen and oxygen atoms in total. The number of aromatic nitrogens is 1. The van der Waals surface area contributed by atoms with E-state index >= 15 is 0 Å². The van der Waals surface area contributed by atoms with Crippen LogP contribution in [0.4, 0.5) is 0 Å². The van der Waals surface area contributed by atoms with Crippen molar-refractivity contribution >= 4 is 17.5 Å². The van der Waals surface area contributed by atoms with Crippen molar-refractivity contribution < 1.29 is 4.79 Å². The van der Waals surface area contributed by atoms with Gasteiger partial charge in [-0.2, -0.15) is 0 Å². The van der Waals surface area contributed by atoms with Crippen LogP contribution in [0.3, 0.4) is 0 Å². The molecule has 4 heteroatoms. The Morgan fingerprint density at radius 2 is 2.00 bits per heavy atom. The summed E-state index contributed by atoms with van der Waals surface area (Å²) in [6.07, 6.45) is 1.57. The monoisotopic (exact) mass is 274 g/mol. The number of pyridine rings is 1. The average Bonchev–Trinajstić information content (AvgIpc) is 2.39. The number of rotatable bonds is 3. The van der Waals surface area contributed by atoms with Gasteiger partial charge in [0.2, 0.25) is 0 Å². The Hall–Kier alpha value is -1.87. The molecule has 1 N–H and O–H groups in total. The van der Waals surface area contributed by atoms with Gasteiger partial charge in [-0.25, -0.2) is 0 Å². The highest BCUT2D eigenvalue weighted by molar-refractivity contribution is 6.31. The zero-order valence-corrected chi connectivity index (χ0v) is 11.6. The van der Waals surface area contributed by atoms with Crippen LogP contribution in [0.5, 0.6) is 0 Å². The van der Waals surface area contributed by atoms with Crippen molar-refractivity contribution in [3.8, 4) is 0 Å². The predicted molar refractivity (Wildman–Crippen MR) is 76.3 cm³/mol. The van der Waals surface area contributed by atoms with Crippen molar-refractivity contribution in [2.45, 2.75) is 19.9 Å². The molecule has 1 aromatic heterocycles. The van der Waals surface area contributed by atoms with E-state index in [1.165, 1.54) is 0 Å². The summed E-state index contributed by atoms with van der Waals surface area (Å²) >= 11 is 6.11. The summed E-state index contributed by atoms with van der Waals surface area (Å²) in [7, 11) is 0. The zero-order chi connectivity index (χ0) is 13.8. The lowest BCUT2D eigenvalue weighted by molar-refractivity contribution is 0.0939. The first kappa shape index (κ1) is 13.6. The fourth-order valence-corrected chi connectivity index (χ4v) is 2.09. The summed E-state index contributed by atoms with van der Waals surface area (Å²) in [5, 5.41) is 3.56. The molecule has 0 saturated carbocycles. The first-order valence-corrected chi connectivity index (χ1v) is 6.43. The molecular formula is C15H15ClN2O. The minimum Gasteiger partial charge on any atom is -0.345 e. The summed E-state index contributed by atoms with van der Waals surface area (Å²) in [5.41, 5.74) is 2.33. The zero-order valence-electron chi connectivity index (χ0n) is 10.9. The van der Waals surface area contributed by atoms with Crippen LogP contribution >= 0.6 is 11.6 Å². The van der Waals surface area contributed by atoms with Crippen LogP contribution in [-0.4, -0.2) is 10.9 Å². The number of nitrogens with one attached hydrogen (secondary N) is 1. The second-order valence-corrected chi connectivity index (χ2v) is 4.81. The highest BCUT2D eigenvalue weighted by atomic mass is 35.5. The molecule has 0 spiro atoms. The molecule has 2 aromatic rings. The van der Waals surface area contributed by atoms with Crippen LogP contribution in [0, 0.1) is 6.92 Å². The molecule has 0 saturated heterocycles. The van der Waals surface area contributed by atoms with Crippen LogP contribution in [0.1, 0.15) is 34.6 Å². The number of hydrogen-bond donors (Lipinski definition) is 1. The van der Waals surface area contributed by atoms with Gasteiger partial charge in [0.25, 0.3) is 5.91 Å². The van der Waals surface area contributed by atoms with Crippen molar-refractivity contribution in [3.05, 3.63) is 64.4 Å². The summed E-state index contributed by atoms with van der Waals surface area (Å²) in [5.74, 6) is -0.153. The molecule has 1 aromatic carbocycles. The molecule has 0 fully saturated rings. The van der Waals surface area contributed by atoms with Gasteiger partial charge in [0, 0.05) is 16.9 Å². The smallest absolute Gasteiger partial charge is 0.253 e. The van der Waals surface area contributed by atoms with E-state index in [9.17, 15) is 4.79 Å². The third kappa shape index (κ3) is 3.32. The standard InChI is InChI=1S/C15H15ClN2O/c1-10-7-8-12(9-17-10)15(19)18-11(2)13-5-3-4-6-14(13)16/h3-9,11H,1-2H3,(H,18,19)/t11-/m1/s1. The topological polar surface area (TPSA) is 42.0 Å². The van der Waals surface area contributed by atoms with E-state index in [-0.39, 0.29) is 11.9 Å². The van der Waals surface area contributed by atoms with Gasteiger partial charge in [-0.15, -0.1) is 0 Å². The number of nitrogens with zero attached hydrogens (tertiary/aromatic N) is 1. The highest BCUT2D eigenvalue weighted by Gasteiger charge is 2.13. The van der Waals surface area contributed by atoms with Crippen molar-refractivity contribution in [1.29, 1.82) is 0 Å². The normalized spacial score (nSPS) is 11.9. The number of amides is 1. The van der Waals surface area contributed by atoms with Gasteiger partial charge in [0.15, 0.2) is 0 Å². The molecule has 1 heterocycles. The average molecular weight is 275 g/mol. The van der Waals surface area contributed by atoms with E-state index < -0.39 is 0 Å². The number of carbonyl (C=O) groups excluding carboxylic acids is 1. The highest BCUT2D eigenvalue weighted by Crippen LogP contribution is 2.22. The molecule has 0 bridgehead atoms. The maximum atomic E-state index is 12.1. The Kier molecular flexibility index (Phi) is 4.17. The number of hydrogen-bond acceptors (Lipinski definition) is 2. The van der Waals surface area contributed by atoms with E-state index in [2.05, 4.69) is 10.3 Å². The van der Waals surface area contributed by atoms with E-state index in [0.717, 1.165) is 11.3 Å². The molecule has 1 amide bonds. The van der Waals surface area contributed by atoms with Gasteiger partial charge >= 0.3 is 0 Å². The molecule has 0 aliphatic rings. The molecule has 0 radical (unpaired) electrons. The van der Waals surface area contributed by atoms with Gasteiger partial charge in [-0.3, -0.25) is 9.78 Å². The van der Waals surface area contributed by atoms with Gasteiger partial charge in [0.1, 0.15) is 0 Å². The quantitative estimate of drug-likeness (QED) is 0.930. The third-order valence-corrected chi connectivity index (χ3v) is 3.24. The van der Waals surface area contributed by atoms with Crippen molar-refractivity contribution in [1.82, 2.24) is 10.3 Å². The minimum atomic E-state index is -0.153. The van der Waals surface area contributed by atoms with Crippen LogP contribution in [-0.2, 0) is 0 Å². The maximum absolute atomic E-state index is 12.1. The molecule has 2 rings (SSSR count). The van der Waals surface area contributed by atoms with Crippen molar-refractivity contribution in [2.24, 2.45) is 0 Å². The molecule has 0 aliphatic heterocycles. The fraction of sp³-hybridized carbons (Fsp3) is 0.200.